The van der Waals surface area contributed by atoms with Gasteiger partial charge in [0.05, 0.1) is 11.7 Å². The van der Waals surface area contributed by atoms with Crippen LogP contribution < -0.4 is 14.9 Å². The predicted molar refractivity (Wildman–Crippen MR) is 96.8 cm³/mol. The second-order valence-corrected chi connectivity index (χ2v) is 8.31. The Morgan fingerprint density at radius 2 is 2.00 bits per heavy atom. The first-order valence-electron chi connectivity index (χ1n) is 8.36. The van der Waals surface area contributed by atoms with Gasteiger partial charge in [-0.2, -0.15) is 0 Å². The Morgan fingerprint density at radius 3 is 2.68 bits per heavy atom. The summed E-state index contributed by atoms with van der Waals surface area (Å²) in [6, 6.07) is 5.78. The summed E-state index contributed by atoms with van der Waals surface area (Å²) in [5, 5.41) is 2.70. The van der Waals surface area contributed by atoms with Crippen LogP contribution in [0.1, 0.15) is 24.5 Å². The van der Waals surface area contributed by atoms with E-state index in [1.807, 2.05) is 32.0 Å². The molecular weight excluding hydrogens is 342 g/mol. The van der Waals surface area contributed by atoms with Crippen molar-refractivity contribution in [1.82, 2.24) is 10.0 Å². The number of anilines is 1. The van der Waals surface area contributed by atoms with Crippen LogP contribution >= 0.6 is 0 Å². The maximum Gasteiger partial charge on any atom is 0.227 e. The fraction of sp³-hybridized carbons (Fsp3) is 0.529. The number of sulfonamides is 1. The summed E-state index contributed by atoms with van der Waals surface area (Å²) in [5.41, 5.74) is 2.98. The molecule has 1 aliphatic heterocycles. The molecule has 2 amide bonds. The van der Waals surface area contributed by atoms with Crippen LogP contribution in [0.2, 0.25) is 0 Å². The van der Waals surface area contributed by atoms with Gasteiger partial charge in [-0.05, 0) is 38.0 Å². The first-order valence-corrected chi connectivity index (χ1v) is 10.0. The van der Waals surface area contributed by atoms with Crippen molar-refractivity contribution in [3.8, 4) is 0 Å². The second-order valence-electron chi connectivity index (χ2n) is 6.21. The Balaban J connectivity index is 1.91. The highest BCUT2D eigenvalue weighted by Crippen LogP contribution is 2.29. The molecule has 8 heteroatoms. The molecule has 2 rings (SSSR count). The van der Waals surface area contributed by atoms with Gasteiger partial charge in [-0.1, -0.05) is 12.1 Å². The summed E-state index contributed by atoms with van der Waals surface area (Å²) in [5.74, 6) is -0.712. The number of carbonyl (C=O) groups is 2. The van der Waals surface area contributed by atoms with Crippen molar-refractivity contribution < 1.29 is 18.0 Å². The fourth-order valence-corrected chi connectivity index (χ4v) is 3.40. The Labute approximate surface area is 148 Å². The van der Waals surface area contributed by atoms with Crippen LogP contribution in [0.5, 0.6) is 0 Å². The lowest BCUT2D eigenvalue weighted by Crippen LogP contribution is -2.38. The van der Waals surface area contributed by atoms with Gasteiger partial charge < -0.3 is 10.2 Å². The quantitative estimate of drug-likeness (QED) is 0.694. The number of hydrogen-bond donors (Lipinski definition) is 2. The number of benzene rings is 1. The molecule has 138 valence electrons. The summed E-state index contributed by atoms with van der Waals surface area (Å²) in [6.07, 6.45) is 0.167. The lowest BCUT2D eigenvalue weighted by Gasteiger charge is -2.20. The molecule has 0 unspecified atom stereocenters. The van der Waals surface area contributed by atoms with Crippen molar-refractivity contribution in [2.24, 2.45) is 5.92 Å². The zero-order valence-corrected chi connectivity index (χ0v) is 15.6. The van der Waals surface area contributed by atoms with Gasteiger partial charge in [-0.3, -0.25) is 9.59 Å². The summed E-state index contributed by atoms with van der Waals surface area (Å²) < 4.78 is 25.0. The van der Waals surface area contributed by atoms with E-state index in [1.165, 1.54) is 0 Å². The molecule has 25 heavy (non-hydrogen) atoms. The van der Waals surface area contributed by atoms with Crippen molar-refractivity contribution in [3.05, 3.63) is 29.3 Å². The minimum Gasteiger partial charge on any atom is -0.354 e. The number of amides is 2. The van der Waals surface area contributed by atoms with Crippen LogP contribution in [0.4, 0.5) is 5.69 Å². The normalized spacial score (nSPS) is 17.8. The Hall–Kier alpha value is -1.93. The number of nitrogens with one attached hydrogen (secondary N) is 2. The minimum absolute atomic E-state index is 0.00285. The summed E-state index contributed by atoms with van der Waals surface area (Å²) in [7, 11) is -3.26. The molecular formula is C17H25N3O4S. The highest BCUT2D eigenvalue weighted by atomic mass is 32.2. The third-order valence-electron chi connectivity index (χ3n) is 4.49. The molecule has 1 aromatic carbocycles. The number of rotatable bonds is 7. The van der Waals surface area contributed by atoms with E-state index in [4.69, 9.17) is 0 Å². The van der Waals surface area contributed by atoms with Crippen molar-refractivity contribution in [3.63, 3.8) is 0 Å². The van der Waals surface area contributed by atoms with E-state index in [0.717, 1.165) is 16.8 Å². The molecule has 0 aromatic heterocycles. The SMILES string of the molecule is CCS(=O)(=O)NCCNC(=O)[C@H]1CC(=O)N(c2cccc(C)c2C)C1. The third kappa shape index (κ3) is 4.79. The minimum atomic E-state index is -3.26. The number of nitrogens with zero attached hydrogens (tertiary/aromatic N) is 1. The Bertz CT molecular complexity index is 761. The van der Waals surface area contributed by atoms with Crippen LogP contribution in [0.15, 0.2) is 18.2 Å². The second kappa shape index (κ2) is 7.97. The summed E-state index contributed by atoms with van der Waals surface area (Å²) in [4.78, 5) is 26.2. The largest absolute Gasteiger partial charge is 0.354 e. The maximum atomic E-state index is 12.3. The van der Waals surface area contributed by atoms with Gasteiger partial charge in [0.25, 0.3) is 0 Å². The van der Waals surface area contributed by atoms with Crippen LogP contribution in [0, 0.1) is 19.8 Å². The first-order chi connectivity index (χ1) is 11.7. The molecule has 1 saturated heterocycles. The lowest BCUT2D eigenvalue weighted by molar-refractivity contribution is -0.126. The third-order valence-corrected chi connectivity index (χ3v) is 5.89. The molecule has 2 N–H and O–H groups in total. The van der Waals surface area contributed by atoms with Crippen molar-refractivity contribution >= 4 is 27.5 Å². The number of aryl methyl sites for hydroxylation is 1. The summed E-state index contributed by atoms with van der Waals surface area (Å²) in [6.45, 7) is 6.18. The topological polar surface area (TPSA) is 95.6 Å². The van der Waals surface area contributed by atoms with Gasteiger partial charge in [0, 0.05) is 31.7 Å². The van der Waals surface area contributed by atoms with Gasteiger partial charge in [0.2, 0.25) is 21.8 Å². The van der Waals surface area contributed by atoms with Gasteiger partial charge in [-0.15, -0.1) is 0 Å². The fourth-order valence-electron chi connectivity index (χ4n) is 2.78. The average molecular weight is 367 g/mol. The van der Waals surface area contributed by atoms with Gasteiger partial charge in [0.1, 0.15) is 0 Å². The van der Waals surface area contributed by atoms with Crippen molar-refractivity contribution in [1.29, 1.82) is 0 Å². The van der Waals surface area contributed by atoms with Crippen molar-refractivity contribution in [2.75, 3.05) is 30.3 Å². The van der Waals surface area contributed by atoms with Gasteiger partial charge >= 0.3 is 0 Å². The number of hydrogen-bond acceptors (Lipinski definition) is 4. The van der Waals surface area contributed by atoms with E-state index in [1.54, 1.807) is 11.8 Å². The zero-order valence-electron chi connectivity index (χ0n) is 14.8. The molecule has 1 atom stereocenters. The molecule has 0 saturated carbocycles. The molecule has 7 nitrogen and oxygen atoms in total. The van der Waals surface area contributed by atoms with Gasteiger partial charge in [0.15, 0.2) is 0 Å². The molecule has 1 fully saturated rings. The molecule has 0 bridgehead atoms. The van der Waals surface area contributed by atoms with E-state index >= 15 is 0 Å². The van der Waals surface area contributed by atoms with E-state index in [-0.39, 0.29) is 37.1 Å². The maximum absolute atomic E-state index is 12.3. The van der Waals surface area contributed by atoms with Crippen molar-refractivity contribution in [2.45, 2.75) is 27.2 Å². The van der Waals surface area contributed by atoms with E-state index in [2.05, 4.69) is 10.0 Å². The molecule has 0 aliphatic carbocycles. The van der Waals surface area contributed by atoms with Crippen LogP contribution in [-0.4, -0.2) is 45.6 Å². The first kappa shape index (κ1) is 19.4. The van der Waals surface area contributed by atoms with Gasteiger partial charge in [-0.25, -0.2) is 13.1 Å². The smallest absolute Gasteiger partial charge is 0.227 e. The average Bonchev–Trinajstić information content (AvgIpc) is 2.96. The molecule has 1 heterocycles. The van der Waals surface area contributed by atoms with Crippen LogP contribution in [-0.2, 0) is 19.6 Å². The van der Waals surface area contributed by atoms with Crippen LogP contribution in [0.3, 0.4) is 0 Å². The standard InChI is InChI=1S/C17H25N3O4S/c1-4-25(23,24)19-9-8-18-17(22)14-10-16(21)20(11-14)15-7-5-6-12(2)13(15)3/h5-7,14,19H,4,8-11H2,1-3H3,(H,18,22)/t14-/m0/s1. The monoisotopic (exact) mass is 367 g/mol. The molecule has 1 aliphatic rings. The Morgan fingerprint density at radius 1 is 1.28 bits per heavy atom. The highest BCUT2D eigenvalue weighted by molar-refractivity contribution is 7.89. The Kier molecular flexibility index (Phi) is 6.18. The van der Waals surface area contributed by atoms with E-state index in [9.17, 15) is 18.0 Å². The molecule has 0 radical (unpaired) electrons. The zero-order chi connectivity index (χ0) is 18.6. The lowest BCUT2D eigenvalue weighted by atomic mass is 10.1. The van der Waals surface area contributed by atoms with E-state index < -0.39 is 15.9 Å². The number of carbonyl (C=O) groups excluding carboxylic acids is 2. The van der Waals surface area contributed by atoms with E-state index in [0.29, 0.717) is 6.54 Å². The predicted octanol–water partition coefficient (Wildman–Crippen LogP) is 0.712. The summed E-state index contributed by atoms with van der Waals surface area (Å²) >= 11 is 0. The van der Waals surface area contributed by atoms with Crippen LogP contribution in [0.25, 0.3) is 0 Å². The molecule has 0 spiro atoms. The highest BCUT2D eigenvalue weighted by Gasteiger charge is 2.35. The molecule has 1 aromatic rings.